The van der Waals surface area contributed by atoms with Crippen molar-refractivity contribution in [2.24, 2.45) is 0 Å². The lowest BCUT2D eigenvalue weighted by Gasteiger charge is -2.48. The van der Waals surface area contributed by atoms with Gasteiger partial charge in [-0.05, 0) is 35.8 Å². The Bertz CT molecular complexity index is 1520. The molecule has 18 heteroatoms. The largest absolute Gasteiger partial charge is 0.543 e. The van der Waals surface area contributed by atoms with E-state index < -0.39 is 112 Å². The van der Waals surface area contributed by atoms with Crippen LogP contribution in [0.5, 0.6) is 5.75 Å². The van der Waals surface area contributed by atoms with Gasteiger partial charge in [-0.3, -0.25) is 28.8 Å². The van der Waals surface area contributed by atoms with Crippen molar-refractivity contribution in [1.82, 2.24) is 0 Å². The number of hydrogen-bond acceptors (Lipinski definition) is 17. The maximum atomic E-state index is 12.7. The molecule has 54 heavy (non-hydrogen) atoms. The van der Waals surface area contributed by atoms with Gasteiger partial charge in [-0.15, -0.1) is 0 Å². The number of carbonyl (C=O) groups is 6. The Hall–Kier alpha value is -4.10. The van der Waals surface area contributed by atoms with Crippen molar-refractivity contribution in [2.45, 2.75) is 148 Å². The Kier molecular flexibility index (Phi) is 15.2. The second-order valence-electron chi connectivity index (χ2n) is 14.4. The molecule has 2 heterocycles. The zero-order valence-corrected chi connectivity index (χ0v) is 33.5. The lowest BCUT2D eigenvalue weighted by Crippen LogP contribution is -2.65. The van der Waals surface area contributed by atoms with Gasteiger partial charge in [0.15, 0.2) is 30.7 Å². The minimum absolute atomic E-state index is 0.0963. The quantitative estimate of drug-likeness (QED) is 0.173. The molecule has 2 saturated heterocycles. The van der Waals surface area contributed by atoms with Gasteiger partial charge in [-0.25, -0.2) is 0 Å². The van der Waals surface area contributed by atoms with E-state index in [-0.39, 0.29) is 11.5 Å². The summed E-state index contributed by atoms with van der Waals surface area (Å²) in [6.45, 7) is 16.7. The Morgan fingerprint density at radius 3 is 1.78 bits per heavy atom. The Morgan fingerprint density at radius 2 is 1.26 bits per heavy atom. The zero-order chi connectivity index (χ0) is 40.7. The van der Waals surface area contributed by atoms with Crippen LogP contribution in [0.15, 0.2) is 24.3 Å². The van der Waals surface area contributed by atoms with Gasteiger partial charge in [0.05, 0.1) is 0 Å². The monoisotopic (exact) mass is 784 g/mol. The molecule has 1 unspecified atom stereocenters. The van der Waals surface area contributed by atoms with Crippen LogP contribution >= 0.6 is 0 Å². The molecule has 1 aromatic rings. The first-order valence-electron chi connectivity index (χ1n) is 17.5. The van der Waals surface area contributed by atoms with E-state index in [2.05, 4.69) is 33.9 Å². The van der Waals surface area contributed by atoms with E-state index >= 15 is 0 Å². The number of esters is 6. The summed E-state index contributed by atoms with van der Waals surface area (Å²) in [7, 11) is -2.34. The van der Waals surface area contributed by atoms with Gasteiger partial charge in [0.25, 0.3) is 0 Å². The van der Waals surface area contributed by atoms with Crippen LogP contribution in [-0.2, 0) is 71.4 Å². The fourth-order valence-electron chi connectivity index (χ4n) is 5.54. The highest BCUT2D eigenvalue weighted by Crippen LogP contribution is 2.41. The number of benzene rings is 1. The highest BCUT2D eigenvalue weighted by atomic mass is 28.4. The van der Waals surface area contributed by atoms with Crippen LogP contribution in [0.1, 0.15) is 80.4 Å². The lowest BCUT2D eigenvalue weighted by molar-refractivity contribution is -0.357. The van der Waals surface area contributed by atoms with Crippen molar-refractivity contribution in [3.63, 3.8) is 0 Å². The summed E-state index contributed by atoms with van der Waals surface area (Å²) in [4.78, 5) is 74.0. The normalized spacial score (nSPS) is 28.5. The molecule has 0 saturated carbocycles. The van der Waals surface area contributed by atoms with Gasteiger partial charge in [-0.1, -0.05) is 39.8 Å². The van der Waals surface area contributed by atoms with Crippen molar-refractivity contribution in [3.05, 3.63) is 29.8 Å². The molecule has 0 aromatic heterocycles. The number of rotatable bonds is 13. The van der Waals surface area contributed by atoms with Crippen LogP contribution in [0.4, 0.5) is 0 Å². The van der Waals surface area contributed by atoms with Gasteiger partial charge >= 0.3 is 35.8 Å². The summed E-state index contributed by atoms with van der Waals surface area (Å²) >= 11 is 0. The second kappa shape index (κ2) is 18.5. The first-order chi connectivity index (χ1) is 25.0. The maximum absolute atomic E-state index is 12.7. The van der Waals surface area contributed by atoms with Crippen molar-refractivity contribution < 1.29 is 80.9 Å². The van der Waals surface area contributed by atoms with E-state index in [0.717, 1.165) is 34.6 Å². The van der Waals surface area contributed by atoms with Gasteiger partial charge < -0.3 is 52.2 Å². The summed E-state index contributed by atoms with van der Waals surface area (Å²) in [5.74, 6) is -4.48. The second-order valence-corrected chi connectivity index (χ2v) is 19.2. The molecule has 1 N–H and O–H groups in total. The van der Waals surface area contributed by atoms with Gasteiger partial charge in [0.2, 0.25) is 14.6 Å². The van der Waals surface area contributed by atoms with E-state index in [1.165, 1.54) is 6.92 Å². The first-order valence-corrected chi connectivity index (χ1v) is 20.4. The molecule has 0 amide bonds. The molecule has 2 aliphatic heterocycles. The minimum Gasteiger partial charge on any atom is -0.543 e. The summed E-state index contributed by atoms with van der Waals surface area (Å²) in [6.07, 6.45) is -16.1. The van der Waals surface area contributed by atoms with Crippen LogP contribution in [0.3, 0.4) is 0 Å². The van der Waals surface area contributed by atoms with E-state index in [1.807, 2.05) is 0 Å². The highest BCUT2D eigenvalue weighted by molar-refractivity contribution is 6.74. The first kappa shape index (κ1) is 44.3. The summed E-state index contributed by atoms with van der Waals surface area (Å²) in [5.41, 5.74) is 0.368. The SMILES string of the molecule is CCC(=O)O[C@H]1OC(c2cccc(O[Si](C)(C)C(C)(C)C)c2)[C@@H](O)[C@@H](O[C@H]2O[C@H](COC(C)=O)[C@@H](OC(C)=O)[C@H](OC(C)=O)[C@@H]2OC(C)=O)[C@H]1OC(C)=O. The fraction of sp³-hybridized carbons (Fsp3) is 0.667. The van der Waals surface area contributed by atoms with Crippen LogP contribution < -0.4 is 4.43 Å². The van der Waals surface area contributed by atoms with Crippen molar-refractivity contribution in [3.8, 4) is 5.75 Å². The predicted octanol–water partition coefficient (Wildman–Crippen LogP) is 3.18. The molecule has 2 aliphatic rings. The van der Waals surface area contributed by atoms with E-state index in [4.69, 9.17) is 47.1 Å². The summed E-state index contributed by atoms with van der Waals surface area (Å²) in [5, 5.41) is 11.9. The number of carbonyl (C=O) groups excluding carboxylic acids is 6. The molecule has 0 bridgehead atoms. The minimum atomic E-state index is -2.34. The molecule has 302 valence electrons. The third kappa shape index (κ3) is 11.7. The van der Waals surface area contributed by atoms with Gasteiger partial charge in [-0.2, -0.15) is 0 Å². The molecule has 2 fully saturated rings. The van der Waals surface area contributed by atoms with E-state index in [9.17, 15) is 33.9 Å². The Balaban J connectivity index is 2.18. The highest BCUT2D eigenvalue weighted by Gasteiger charge is 2.57. The summed E-state index contributed by atoms with van der Waals surface area (Å²) in [6, 6.07) is 6.74. The molecule has 0 aliphatic carbocycles. The van der Waals surface area contributed by atoms with Gasteiger partial charge in [0.1, 0.15) is 36.8 Å². The van der Waals surface area contributed by atoms with Crippen molar-refractivity contribution in [1.29, 1.82) is 0 Å². The smallest absolute Gasteiger partial charge is 0.307 e. The molecule has 10 atom stereocenters. The Labute approximate surface area is 315 Å². The fourth-order valence-corrected chi connectivity index (χ4v) is 6.56. The molecular weight excluding hydrogens is 732 g/mol. The van der Waals surface area contributed by atoms with Crippen LogP contribution in [0.25, 0.3) is 0 Å². The number of aliphatic hydroxyl groups excluding tert-OH is 1. The average molecular weight is 785 g/mol. The third-order valence-electron chi connectivity index (χ3n) is 8.96. The van der Waals surface area contributed by atoms with E-state index in [0.29, 0.717) is 11.3 Å². The lowest BCUT2D eigenvalue weighted by atomic mass is 9.92. The molecule has 0 spiro atoms. The third-order valence-corrected chi connectivity index (χ3v) is 13.3. The zero-order valence-electron chi connectivity index (χ0n) is 32.5. The van der Waals surface area contributed by atoms with E-state index in [1.54, 1.807) is 24.3 Å². The maximum Gasteiger partial charge on any atom is 0.307 e. The topological polar surface area (TPSA) is 215 Å². The van der Waals surface area contributed by atoms with Crippen LogP contribution in [-0.4, -0.2) is 111 Å². The van der Waals surface area contributed by atoms with Crippen LogP contribution in [0, 0.1) is 0 Å². The number of aliphatic hydroxyl groups is 1. The summed E-state index contributed by atoms with van der Waals surface area (Å²) < 4.78 is 57.8. The molecule has 3 rings (SSSR count). The molecule has 17 nitrogen and oxygen atoms in total. The Morgan fingerprint density at radius 1 is 0.722 bits per heavy atom. The standard InChI is InChI=1S/C36H52O17Si/c1-12-26(42)50-35-32(47-21(5)40)30(27(43)28(51-35)23-14-13-15-24(16-23)53-54(10,11)36(7,8)9)52-34-33(48-22(6)41)31(46-20(4)39)29(45-19(3)38)25(49-34)17-44-18(2)37/h13-16,25,27-35,43H,12,17H2,1-11H3/t25-,27-,28?,29-,30-,31+,32-,33+,34-,35+/m1/s1. The van der Waals surface area contributed by atoms with Gasteiger partial charge in [0, 0.05) is 41.0 Å². The van der Waals surface area contributed by atoms with Crippen LogP contribution in [0.2, 0.25) is 18.1 Å². The van der Waals surface area contributed by atoms with Crippen molar-refractivity contribution in [2.75, 3.05) is 6.61 Å². The molecule has 1 aromatic carbocycles. The molecule has 0 radical (unpaired) electrons. The average Bonchev–Trinajstić information content (AvgIpc) is 3.04. The number of hydrogen-bond donors (Lipinski definition) is 1. The number of ether oxygens (including phenoxy) is 9. The predicted molar refractivity (Wildman–Crippen MR) is 187 cm³/mol. The van der Waals surface area contributed by atoms with Crippen molar-refractivity contribution >= 4 is 44.1 Å². The molecular formula is C36H52O17Si.